The van der Waals surface area contributed by atoms with Gasteiger partial charge in [-0.25, -0.2) is 9.97 Å². The molecule has 0 saturated heterocycles. The van der Waals surface area contributed by atoms with E-state index in [0.29, 0.717) is 11.6 Å². The van der Waals surface area contributed by atoms with Gasteiger partial charge in [0.15, 0.2) is 5.82 Å². The lowest BCUT2D eigenvalue weighted by atomic mass is 10.3. The van der Waals surface area contributed by atoms with Crippen LogP contribution >= 0.6 is 11.6 Å². The highest BCUT2D eigenvalue weighted by Gasteiger charge is 2.14. The molecule has 3 rings (SSSR count). The first-order valence-corrected chi connectivity index (χ1v) is 7.48. The Morgan fingerprint density at radius 2 is 2.14 bits per heavy atom. The maximum Gasteiger partial charge on any atom is 0.161 e. The molecule has 0 bridgehead atoms. The first-order valence-electron chi connectivity index (χ1n) is 7.11. The lowest BCUT2D eigenvalue weighted by molar-refractivity contribution is 0.700. The van der Waals surface area contributed by atoms with Crippen LogP contribution in [-0.2, 0) is 13.1 Å². The van der Waals surface area contributed by atoms with Crippen LogP contribution in [0, 0.1) is 0 Å². The molecule has 3 aromatic rings. The molecule has 0 aliphatic heterocycles. The lowest BCUT2D eigenvalue weighted by Gasteiger charge is -2.05. The lowest BCUT2D eigenvalue weighted by Crippen LogP contribution is -2.07. The minimum atomic E-state index is 0.594. The molecular formula is C15H18ClN5. The minimum Gasteiger partial charge on any atom is -0.335 e. The zero-order chi connectivity index (χ0) is 14.8. The van der Waals surface area contributed by atoms with Crippen LogP contribution in [-0.4, -0.2) is 25.6 Å². The highest BCUT2D eigenvalue weighted by atomic mass is 35.5. The maximum atomic E-state index is 6.07. The second-order valence-corrected chi connectivity index (χ2v) is 5.44. The Hall–Kier alpha value is -1.85. The predicted molar refractivity (Wildman–Crippen MR) is 85.3 cm³/mol. The summed E-state index contributed by atoms with van der Waals surface area (Å²) in [6, 6.07) is 5.80. The van der Waals surface area contributed by atoms with Crippen molar-refractivity contribution >= 4 is 22.6 Å². The van der Waals surface area contributed by atoms with E-state index in [1.807, 2.05) is 29.0 Å². The molecule has 110 valence electrons. The summed E-state index contributed by atoms with van der Waals surface area (Å²) in [5.74, 6) is 0.880. The number of nitrogens with two attached hydrogens (primary N) is 1. The molecule has 2 heterocycles. The zero-order valence-corrected chi connectivity index (χ0v) is 12.7. The molecule has 0 spiro atoms. The molecule has 0 atom stereocenters. The Kier molecular flexibility index (Phi) is 3.94. The molecule has 0 unspecified atom stereocenters. The van der Waals surface area contributed by atoms with Crippen LogP contribution in [0.2, 0.25) is 5.02 Å². The van der Waals surface area contributed by atoms with Gasteiger partial charge in [0.2, 0.25) is 0 Å². The maximum absolute atomic E-state index is 6.07. The predicted octanol–water partition coefficient (Wildman–Crippen LogP) is 2.92. The number of rotatable bonds is 5. The fourth-order valence-electron chi connectivity index (χ4n) is 2.50. The molecule has 21 heavy (non-hydrogen) atoms. The Morgan fingerprint density at radius 1 is 1.29 bits per heavy atom. The van der Waals surface area contributed by atoms with Gasteiger partial charge in [-0.05, 0) is 24.6 Å². The van der Waals surface area contributed by atoms with Crippen LogP contribution in [0.4, 0.5) is 0 Å². The quantitative estimate of drug-likeness (QED) is 0.788. The van der Waals surface area contributed by atoms with Crippen LogP contribution in [0.3, 0.4) is 0 Å². The Labute approximate surface area is 128 Å². The molecule has 2 aromatic heterocycles. The van der Waals surface area contributed by atoms with Crippen molar-refractivity contribution in [2.75, 3.05) is 6.54 Å². The largest absolute Gasteiger partial charge is 0.335 e. The number of hydrogen-bond donors (Lipinski definition) is 1. The fourth-order valence-corrected chi connectivity index (χ4v) is 2.66. The van der Waals surface area contributed by atoms with E-state index < -0.39 is 0 Å². The number of aromatic nitrogens is 4. The smallest absolute Gasteiger partial charge is 0.161 e. The zero-order valence-electron chi connectivity index (χ0n) is 12.0. The number of aryl methyl sites for hydroxylation is 1. The molecule has 0 radical (unpaired) electrons. The molecule has 0 amide bonds. The highest BCUT2D eigenvalue weighted by molar-refractivity contribution is 6.31. The first-order chi connectivity index (χ1) is 10.2. The normalized spacial score (nSPS) is 11.4. The van der Waals surface area contributed by atoms with Gasteiger partial charge in [0.1, 0.15) is 5.69 Å². The Morgan fingerprint density at radius 3 is 2.90 bits per heavy atom. The number of imidazole rings is 2. The van der Waals surface area contributed by atoms with Gasteiger partial charge in [-0.3, -0.25) is 0 Å². The summed E-state index contributed by atoms with van der Waals surface area (Å²) in [6.07, 6.45) is 4.82. The third-order valence-corrected chi connectivity index (χ3v) is 3.64. The van der Waals surface area contributed by atoms with Crippen LogP contribution in [0.25, 0.3) is 22.6 Å². The number of hydrogen-bond acceptors (Lipinski definition) is 3. The van der Waals surface area contributed by atoms with Crippen molar-refractivity contribution in [1.82, 2.24) is 19.1 Å². The van der Waals surface area contributed by atoms with Gasteiger partial charge in [0, 0.05) is 30.9 Å². The molecule has 0 aliphatic carbocycles. The molecule has 1 aromatic carbocycles. The van der Waals surface area contributed by atoms with E-state index in [9.17, 15) is 0 Å². The van der Waals surface area contributed by atoms with Crippen LogP contribution < -0.4 is 5.73 Å². The van der Waals surface area contributed by atoms with Crippen molar-refractivity contribution in [1.29, 1.82) is 0 Å². The second kappa shape index (κ2) is 5.87. The molecule has 0 saturated carbocycles. The van der Waals surface area contributed by atoms with Gasteiger partial charge in [-0.2, -0.15) is 0 Å². The summed E-state index contributed by atoms with van der Waals surface area (Å²) in [4.78, 5) is 9.16. The molecule has 0 aliphatic rings. The summed E-state index contributed by atoms with van der Waals surface area (Å²) in [6.45, 7) is 4.40. The number of halogens is 1. The van der Waals surface area contributed by atoms with Crippen molar-refractivity contribution in [3.8, 4) is 11.5 Å². The van der Waals surface area contributed by atoms with Crippen molar-refractivity contribution in [3.63, 3.8) is 0 Å². The molecular weight excluding hydrogens is 286 g/mol. The topological polar surface area (TPSA) is 61.7 Å². The van der Waals surface area contributed by atoms with Crippen molar-refractivity contribution in [2.24, 2.45) is 5.73 Å². The van der Waals surface area contributed by atoms with Gasteiger partial charge in [0.25, 0.3) is 0 Å². The third-order valence-electron chi connectivity index (χ3n) is 3.41. The molecule has 5 nitrogen and oxygen atoms in total. The van der Waals surface area contributed by atoms with Crippen LogP contribution in [0.15, 0.2) is 30.7 Å². The van der Waals surface area contributed by atoms with E-state index in [4.69, 9.17) is 22.3 Å². The second-order valence-electron chi connectivity index (χ2n) is 5.01. The fraction of sp³-hybridized carbons (Fsp3) is 0.333. The molecule has 2 N–H and O–H groups in total. The third kappa shape index (κ3) is 2.66. The summed E-state index contributed by atoms with van der Waals surface area (Å²) >= 11 is 6.07. The van der Waals surface area contributed by atoms with E-state index in [0.717, 1.165) is 42.1 Å². The summed E-state index contributed by atoms with van der Waals surface area (Å²) in [7, 11) is 0. The standard InChI is InChI=1S/C15H18ClN5/c1-2-6-21-14-4-3-11(16)8-12(14)19-15(21)13-9-20(7-5-17)10-18-13/h3-4,8-10H,2,5-7,17H2,1H3. The SMILES string of the molecule is CCCn1c(-c2cn(CCN)cn2)nc2cc(Cl)ccc21. The van der Waals surface area contributed by atoms with E-state index >= 15 is 0 Å². The van der Waals surface area contributed by atoms with Crippen LogP contribution in [0.5, 0.6) is 0 Å². The van der Waals surface area contributed by atoms with Gasteiger partial charge in [-0.1, -0.05) is 18.5 Å². The number of benzene rings is 1. The number of nitrogens with zero attached hydrogens (tertiary/aromatic N) is 4. The van der Waals surface area contributed by atoms with Crippen LogP contribution in [0.1, 0.15) is 13.3 Å². The monoisotopic (exact) mass is 303 g/mol. The Bertz CT molecular complexity index is 759. The molecule has 0 fully saturated rings. The Balaban J connectivity index is 2.12. The van der Waals surface area contributed by atoms with E-state index in [2.05, 4.69) is 16.5 Å². The van der Waals surface area contributed by atoms with E-state index in [1.54, 1.807) is 6.33 Å². The van der Waals surface area contributed by atoms with Gasteiger partial charge >= 0.3 is 0 Å². The number of fused-ring (bicyclic) bond motifs is 1. The highest BCUT2D eigenvalue weighted by Crippen LogP contribution is 2.26. The van der Waals surface area contributed by atoms with Crippen molar-refractivity contribution in [3.05, 3.63) is 35.7 Å². The summed E-state index contributed by atoms with van der Waals surface area (Å²) in [5.41, 5.74) is 8.43. The summed E-state index contributed by atoms with van der Waals surface area (Å²) in [5, 5.41) is 0.698. The summed E-state index contributed by atoms with van der Waals surface area (Å²) < 4.78 is 4.18. The van der Waals surface area contributed by atoms with Gasteiger partial charge in [-0.15, -0.1) is 0 Å². The average molecular weight is 304 g/mol. The van der Waals surface area contributed by atoms with Gasteiger partial charge in [0.05, 0.1) is 17.4 Å². The van der Waals surface area contributed by atoms with E-state index in [-0.39, 0.29) is 0 Å². The van der Waals surface area contributed by atoms with Crippen molar-refractivity contribution in [2.45, 2.75) is 26.4 Å². The molecule has 6 heteroatoms. The van der Waals surface area contributed by atoms with Crippen molar-refractivity contribution < 1.29 is 0 Å². The average Bonchev–Trinajstić information content (AvgIpc) is 3.04. The first kappa shape index (κ1) is 14.1. The van der Waals surface area contributed by atoms with E-state index in [1.165, 1.54) is 0 Å². The minimum absolute atomic E-state index is 0.594. The van der Waals surface area contributed by atoms with Gasteiger partial charge < -0.3 is 14.9 Å².